The lowest BCUT2D eigenvalue weighted by Crippen LogP contribution is -2.30. The summed E-state index contributed by atoms with van der Waals surface area (Å²) in [6.07, 6.45) is 0. The highest BCUT2D eigenvalue weighted by atomic mass is 32.1. The fourth-order valence-corrected chi connectivity index (χ4v) is 5.43. The smallest absolute Gasteiger partial charge is 0.245 e. The van der Waals surface area contributed by atoms with Crippen molar-refractivity contribution in [1.29, 1.82) is 0 Å². The van der Waals surface area contributed by atoms with E-state index in [0.29, 0.717) is 0 Å². The van der Waals surface area contributed by atoms with Crippen LogP contribution in [0.4, 0.5) is 0 Å². The zero-order chi connectivity index (χ0) is 20.2. The summed E-state index contributed by atoms with van der Waals surface area (Å²) in [4.78, 5) is 4.58. The largest absolute Gasteiger partial charge is 0.296 e. The molecule has 0 spiro atoms. The molecule has 6 rings (SSSR count). The first-order chi connectivity index (χ1) is 14.7. The highest BCUT2D eigenvalue weighted by Gasteiger charge is 2.29. The van der Waals surface area contributed by atoms with Crippen molar-refractivity contribution in [2.24, 2.45) is 7.05 Å². The number of fused-ring (bicyclic) bond motifs is 3. The van der Waals surface area contributed by atoms with Crippen molar-refractivity contribution in [2.75, 3.05) is 0 Å². The fraction of sp³-hybridized carbons (Fsp3) is 0.0769. The molecule has 0 amide bonds. The molecular formula is C26H20N3S+. The van der Waals surface area contributed by atoms with Gasteiger partial charge in [0.1, 0.15) is 5.69 Å². The predicted octanol–water partition coefficient (Wildman–Crippen LogP) is 6.19. The lowest BCUT2D eigenvalue weighted by molar-refractivity contribution is -0.633. The average molecular weight is 407 g/mol. The number of imidazole rings is 1. The second-order valence-corrected chi connectivity index (χ2v) is 8.52. The quantitative estimate of drug-likeness (QED) is 0.314. The molecule has 0 aliphatic rings. The Morgan fingerprint density at radius 1 is 0.867 bits per heavy atom. The average Bonchev–Trinajstić information content (AvgIpc) is 3.37. The van der Waals surface area contributed by atoms with Crippen LogP contribution in [0, 0.1) is 6.92 Å². The first-order valence-electron chi connectivity index (χ1n) is 10.0. The molecular weight excluding hydrogens is 386 g/mol. The van der Waals surface area contributed by atoms with Gasteiger partial charge in [-0.25, -0.2) is 9.55 Å². The fourth-order valence-electron chi connectivity index (χ4n) is 4.55. The van der Waals surface area contributed by atoms with Crippen LogP contribution in [0.2, 0.25) is 0 Å². The van der Waals surface area contributed by atoms with Gasteiger partial charge in [-0.1, -0.05) is 54.6 Å². The van der Waals surface area contributed by atoms with Gasteiger partial charge in [0.2, 0.25) is 0 Å². The number of para-hydroxylation sites is 2. The maximum atomic E-state index is 4.58. The monoisotopic (exact) mass is 406 g/mol. The van der Waals surface area contributed by atoms with Crippen molar-refractivity contribution in [3.8, 4) is 17.1 Å². The van der Waals surface area contributed by atoms with E-state index in [0.717, 1.165) is 5.52 Å². The summed E-state index contributed by atoms with van der Waals surface area (Å²) in [5.41, 5.74) is 9.11. The molecule has 0 aliphatic heterocycles. The number of benzene rings is 4. The Morgan fingerprint density at radius 3 is 2.60 bits per heavy atom. The molecule has 0 saturated carbocycles. The first kappa shape index (κ1) is 17.4. The maximum absolute atomic E-state index is 4.58. The Bertz CT molecular complexity index is 1570. The molecule has 4 aromatic carbocycles. The SMILES string of the molecule is Cc1ccc2ncsc2c1-c1n(-c2cccc3ccccc23)c2ccccc2[n+]1C. The van der Waals surface area contributed by atoms with Gasteiger partial charge in [0.25, 0.3) is 5.82 Å². The van der Waals surface area contributed by atoms with Crippen LogP contribution < -0.4 is 4.57 Å². The number of hydrogen-bond acceptors (Lipinski definition) is 2. The van der Waals surface area contributed by atoms with Crippen LogP contribution in [0.15, 0.2) is 84.4 Å². The third-order valence-electron chi connectivity index (χ3n) is 5.95. The molecule has 30 heavy (non-hydrogen) atoms. The highest BCUT2D eigenvalue weighted by Crippen LogP contribution is 2.37. The molecule has 0 N–H and O–H groups in total. The number of thiazole rings is 1. The highest BCUT2D eigenvalue weighted by molar-refractivity contribution is 7.17. The summed E-state index contributed by atoms with van der Waals surface area (Å²) in [6.45, 7) is 2.19. The number of nitrogens with zero attached hydrogens (tertiary/aromatic N) is 3. The van der Waals surface area contributed by atoms with Gasteiger partial charge in [0.15, 0.2) is 11.0 Å². The van der Waals surface area contributed by atoms with Crippen molar-refractivity contribution < 1.29 is 4.57 Å². The van der Waals surface area contributed by atoms with Gasteiger partial charge in [0.05, 0.1) is 28.3 Å². The van der Waals surface area contributed by atoms with E-state index in [9.17, 15) is 0 Å². The van der Waals surface area contributed by atoms with Crippen LogP contribution in [0.25, 0.3) is 49.1 Å². The van der Waals surface area contributed by atoms with Crippen molar-refractivity contribution in [3.05, 3.63) is 89.9 Å². The number of aromatic nitrogens is 3. The molecule has 0 saturated heterocycles. The van der Waals surface area contributed by atoms with Crippen LogP contribution in [-0.4, -0.2) is 9.55 Å². The summed E-state index contributed by atoms with van der Waals surface area (Å²) < 4.78 is 5.97. The Hall–Kier alpha value is -3.50. The third kappa shape index (κ3) is 2.37. The second kappa shape index (κ2) is 6.51. The van der Waals surface area contributed by atoms with Gasteiger partial charge in [-0.05, 0) is 42.1 Å². The molecule has 0 radical (unpaired) electrons. The number of rotatable bonds is 2. The minimum atomic E-state index is 1.05. The van der Waals surface area contributed by atoms with Crippen molar-refractivity contribution in [1.82, 2.24) is 9.55 Å². The number of hydrogen-bond donors (Lipinski definition) is 0. The van der Waals surface area contributed by atoms with E-state index in [-0.39, 0.29) is 0 Å². The van der Waals surface area contributed by atoms with Gasteiger partial charge in [-0.15, -0.1) is 11.3 Å². The lowest BCUT2D eigenvalue weighted by atomic mass is 10.1. The summed E-state index contributed by atoms with van der Waals surface area (Å²) in [7, 11) is 2.17. The van der Waals surface area contributed by atoms with E-state index in [1.165, 1.54) is 49.1 Å². The van der Waals surface area contributed by atoms with E-state index < -0.39 is 0 Å². The Labute approximate surface area is 178 Å². The molecule has 0 atom stereocenters. The molecule has 2 heterocycles. The zero-order valence-corrected chi connectivity index (χ0v) is 17.6. The van der Waals surface area contributed by atoms with Gasteiger partial charge >= 0.3 is 0 Å². The van der Waals surface area contributed by atoms with Gasteiger partial charge < -0.3 is 0 Å². The van der Waals surface area contributed by atoms with Crippen LogP contribution >= 0.6 is 11.3 Å². The molecule has 0 fully saturated rings. The molecule has 0 aliphatic carbocycles. The van der Waals surface area contributed by atoms with E-state index in [1.807, 2.05) is 5.51 Å². The Morgan fingerprint density at radius 2 is 1.67 bits per heavy atom. The van der Waals surface area contributed by atoms with Crippen LogP contribution in [0.5, 0.6) is 0 Å². The van der Waals surface area contributed by atoms with Gasteiger partial charge in [-0.3, -0.25) is 0 Å². The molecule has 0 bridgehead atoms. The van der Waals surface area contributed by atoms with E-state index >= 15 is 0 Å². The molecule has 4 heteroatoms. The Balaban J connectivity index is 1.84. The van der Waals surface area contributed by atoms with Crippen molar-refractivity contribution in [3.63, 3.8) is 0 Å². The maximum Gasteiger partial charge on any atom is 0.296 e. The molecule has 2 aromatic heterocycles. The molecule has 0 unspecified atom stereocenters. The summed E-state index contributed by atoms with van der Waals surface area (Å²) in [5.74, 6) is 1.18. The zero-order valence-electron chi connectivity index (χ0n) is 16.8. The summed E-state index contributed by atoms with van der Waals surface area (Å²) >= 11 is 1.71. The van der Waals surface area contributed by atoms with E-state index in [4.69, 9.17) is 0 Å². The van der Waals surface area contributed by atoms with Gasteiger partial charge in [0, 0.05) is 5.39 Å². The second-order valence-electron chi connectivity index (χ2n) is 7.66. The molecule has 6 aromatic rings. The van der Waals surface area contributed by atoms with E-state index in [1.54, 1.807) is 11.3 Å². The number of aryl methyl sites for hydroxylation is 2. The van der Waals surface area contributed by atoms with Crippen molar-refractivity contribution >= 4 is 43.4 Å². The van der Waals surface area contributed by atoms with Crippen molar-refractivity contribution in [2.45, 2.75) is 6.92 Å². The van der Waals surface area contributed by atoms with Gasteiger partial charge in [-0.2, -0.15) is 4.57 Å². The minimum absolute atomic E-state index is 1.05. The standard InChI is InChI=1S/C26H20N3S/c1-17-14-15-20-25(30-16-27-20)24(17)26-28(2)22-11-5-6-12-23(22)29(26)21-13-7-9-18-8-3-4-10-19(18)21/h3-16H,1-2H3/q+1. The first-order valence-corrected chi connectivity index (χ1v) is 10.9. The Kier molecular flexibility index (Phi) is 3.77. The molecule has 3 nitrogen and oxygen atoms in total. The summed E-state index contributed by atoms with van der Waals surface area (Å²) in [5, 5.41) is 2.49. The van der Waals surface area contributed by atoms with E-state index in [2.05, 4.69) is 107 Å². The van der Waals surface area contributed by atoms with Crippen LogP contribution in [-0.2, 0) is 7.05 Å². The normalized spacial score (nSPS) is 11.7. The third-order valence-corrected chi connectivity index (χ3v) is 6.81. The predicted molar refractivity (Wildman–Crippen MR) is 125 cm³/mol. The summed E-state index contributed by atoms with van der Waals surface area (Å²) in [6, 6.07) is 28.1. The van der Waals surface area contributed by atoms with Crippen LogP contribution in [0.1, 0.15) is 5.56 Å². The lowest BCUT2D eigenvalue weighted by Gasteiger charge is -2.09. The van der Waals surface area contributed by atoms with Crippen LogP contribution in [0.3, 0.4) is 0 Å². The molecule has 144 valence electrons. The topological polar surface area (TPSA) is 21.7 Å². The minimum Gasteiger partial charge on any atom is -0.245 e.